The number of carbonyl (C=O) groups is 1. The predicted octanol–water partition coefficient (Wildman–Crippen LogP) is 3.28. The minimum atomic E-state index is -3.51. The number of carbonyl (C=O) groups excluding carboxylic acids is 1. The fourth-order valence-corrected chi connectivity index (χ4v) is 3.93. The molecule has 0 aliphatic carbocycles. The van der Waals surface area contributed by atoms with Crippen LogP contribution in [0.3, 0.4) is 0 Å². The lowest BCUT2D eigenvalue weighted by molar-refractivity contribution is -0.149. The fraction of sp³-hybridized carbons (Fsp3) is 0.529. The molecule has 0 saturated heterocycles. The molecule has 0 bridgehead atoms. The summed E-state index contributed by atoms with van der Waals surface area (Å²) in [7, 11) is -2.12. The van der Waals surface area contributed by atoms with Crippen LogP contribution in [-0.4, -0.2) is 31.6 Å². The van der Waals surface area contributed by atoms with Crippen LogP contribution in [0.1, 0.15) is 37.5 Å². The topological polar surface area (TPSA) is 97.7 Å². The Labute approximate surface area is 148 Å². The van der Waals surface area contributed by atoms with Gasteiger partial charge in [-0.1, -0.05) is 0 Å². The van der Waals surface area contributed by atoms with Crippen molar-refractivity contribution in [1.29, 1.82) is 5.26 Å². The summed E-state index contributed by atoms with van der Waals surface area (Å²) in [5, 5.41) is 11.8. The smallest absolute Gasteiger partial charge is 0.342 e. The summed E-state index contributed by atoms with van der Waals surface area (Å²) in [5.41, 5.74) is 1.98. The maximum atomic E-state index is 13.0. The number of methoxy groups -OCH3 is 1. The third-order valence-electron chi connectivity index (χ3n) is 3.27. The van der Waals surface area contributed by atoms with Crippen molar-refractivity contribution in [3.63, 3.8) is 0 Å². The first-order chi connectivity index (χ1) is 11.6. The van der Waals surface area contributed by atoms with E-state index in [2.05, 4.69) is 11.2 Å². The molecule has 0 heterocycles. The van der Waals surface area contributed by atoms with Gasteiger partial charge in [0.05, 0.1) is 17.7 Å². The number of aryl methyl sites for hydroxylation is 2. The van der Waals surface area contributed by atoms with Crippen LogP contribution in [-0.2, 0) is 18.8 Å². The Bertz CT molecular complexity index is 688. The van der Waals surface area contributed by atoms with E-state index in [1.807, 2.05) is 0 Å². The lowest BCUT2D eigenvalue weighted by Crippen LogP contribution is -2.36. The Morgan fingerprint density at radius 3 is 2.28 bits per heavy atom. The molecular weight excluding hydrogens is 343 g/mol. The second-order valence-corrected chi connectivity index (χ2v) is 8.11. The number of ether oxygens (including phenoxy) is 2. The Hall–Kier alpha value is -1.87. The van der Waals surface area contributed by atoms with Gasteiger partial charge in [0.15, 0.2) is 0 Å². The summed E-state index contributed by atoms with van der Waals surface area (Å²) < 4.78 is 28.8. The zero-order valence-electron chi connectivity index (χ0n) is 15.5. The Morgan fingerprint density at radius 1 is 1.28 bits per heavy atom. The van der Waals surface area contributed by atoms with Crippen molar-refractivity contribution in [2.24, 2.45) is 0 Å². The van der Waals surface area contributed by atoms with Crippen LogP contribution in [0.25, 0.3) is 0 Å². The van der Waals surface area contributed by atoms with Crippen LogP contribution < -0.4 is 9.61 Å². The van der Waals surface area contributed by atoms with Gasteiger partial charge < -0.3 is 14.0 Å². The molecule has 1 N–H and O–H groups in total. The Kier molecular flexibility index (Phi) is 7.62. The van der Waals surface area contributed by atoms with E-state index in [4.69, 9.17) is 19.3 Å². The molecule has 0 fully saturated rings. The quantitative estimate of drug-likeness (QED) is 0.555. The summed E-state index contributed by atoms with van der Waals surface area (Å²) >= 11 is 0. The molecule has 0 aliphatic rings. The molecule has 0 aliphatic heterocycles. The molecule has 1 rings (SSSR count). The summed E-state index contributed by atoms with van der Waals surface area (Å²) in [5.74, 6) is -0.187. The van der Waals surface area contributed by atoms with Gasteiger partial charge in [-0.3, -0.25) is 9.36 Å². The van der Waals surface area contributed by atoms with Gasteiger partial charge in [0.2, 0.25) is 0 Å². The molecule has 1 unspecified atom stereocenters. The molecule has 8 heteroatoms. The first-order valence-electron chi connectivity index (χ1n) is 7.89. The van der Waals surface area contributed by atoms with E-state index in [-0.39, 0.29) is 12.5 Å². The van der Waals surface area contributed by atoms with E-state index in [0.29, 0.717) is 22.4 Å². The van der Waals surface area contributed by atoms with Crippen LogP contribution in [0.4, 0.5) is 0 Å². The van der Waals surface area contributed by atoms with Gasteiger partial charge in [-0.05, 0) is 57.9 Å². The third-order valence-corrected chi connectivity index (χ3v) is 5.15. The maximum absolute atomic E-state index is 13.0. The van der Waals surface area contributed by atoms with Gasteiger partial charge in [0.1, 0.15) is 18.1 Å². The standard InChI is InChI=1S/C17H25N2O5P/c1-11(2)23-17(20)14(5)19-25(21,10-22-6)24-15-7-12(3)16(9-18)13(4)8-15/h7-8,11,14H,10H2,1-6H3,(H,19,21)/t14-,25?/m0/s1. The van der Waals surface area contributed by atoms with Crippen LogP contribution in [0, 0.1) is 25.2 Å². The average molecular weight is 368 g/mol. The van der Waals surface area contributed by atoms with E-state index in [1.54, 1.807) is 46.8 Å². The number of nitrogens with zero attached hydrogens (tertiary/aromatic N) is 1. The molecule has 138 valence electrons. The zero-order chi connectivity index (χ0) is 19.2. The fourth-order valence-electron chi connectivity index (χ4n) is 2.27. The van der Waals surface area contributed by atoms with Gasteiger partial charge in [-0.15, -0.1) is 0 Å². The highest BCUT2D eigenvalue weighted by Crippen LogP contribution is 2.44. The van der Waals surface area contributed by atoms with Crippen molar-refractivity contribution in [3.8, 4) is 11.8 Å². The van der Waals surface area contributed by atoms with Crippen molar-refractivity contribution in [3.05, 3.63) is 28.8 Å². The summed E-state index contributed by atoms with van der Waals surface area (Å²) in [6.07, 6.45) is -0.493. The highest BCUT2D eigenvalue weighted by molar-refractivity contribution is 7.57. The van der Waals surface area contributed by atoms with Gasteiger partial charge in [-0.25, -0.2) is 5.09 Å². The highest BCUT2D eigenvalue weighted by atomic mass is 31.2. The predicted molar refractivity (Wildman–Crippen MR) is 94.6 cm³/mol. The number of benzene rings is 1. The van der Waals surface area contributed by atoms with Crippen molar-refractivity contribution in [1.82, 2.24) is 5.09 Å². The highest BCUT2D eigenvalue weighted by Gasteiger charge is 2.31. The average Bonchev–Trinajstić information content (AvgIpc) is 2.45. The van der Waals surface area contributed by atoms with Crippen LogP contribution in [0.5, 0.6) is 5.75 Å². The van der Waals surface area contributed by atoms with Crippen molar-refractivity contribution in [2.75, 3.05) is 13.5 Å². The second-order valence-electron chi connectivity index (χ2n) is 6.06. The molecule has 1 aromatic carbocycles. The molecule has 0 spiro atoms. The molecule has 2 atom stereocenters. The Morgan fingerprint density at radius 2 is 1.84 bits per heavy atom. The molecule has 0 aromatic heterocycles. The lowest BCUT2D eigenvalue weighted by atomic mass is 10.0. The number of hydrogen-bond acceptors (Lipinski definition) is 6. The second kappa shape index (κ2) is 9.00. The number of esters is 1. The minimum Gasteiger partial charge on any atom is -0.462 e. The lowest BCUT2D eigenvalue weighted by Gasteiger charge is -2.24. The van der Waals surface area contributed by atoms with Crippen LogP contribution >= 0.6 is 7.52 Å². The summed E-state index contributed by atoms with van der Waals surface area (Å²) in [6.45, 7) is 8.56. The van der Waals surface area contributed by atoms with E-state index in [1.165, 1.54) is 7.11 Å². The molecule has 0 saturated carbocycles. The minimum absolute atomic E-state index is 0.218. The van der Waals surface area contributed by atoms with E-state index < -0.39 is 19.5 Å². The molecular formula is C17H25N2O5P. The summed E-state index contributed by atoms with van der Waals surface area (Å²) in [4.78, 5) is 11.9. The van der Waals surface area contributed by atoms with Crippen molar-refractivity contribution < 1.29 is 23.4 Å². The first-order valence-corrected chi connectivity index (χ1v) is 9.70. The zero-order valence-corrected chi connectivity index (χ0v) is 16.3. The van der Waals surface area contributed by atoms with E-state index in [9.17, 15) is 9.36 Å². The number of rotatable bonds is 8. The molecule has 25 heavy (non-hydrogen) atoms. The summed E-state index contributed by atoms with van der Waals surface area (Å²) in [6, 6.07) is 4.55. The number of nitrogens with one attached hydrogen (secondary N) is 1. The Balaban J connectivity index is 3.01. The van der Waals surface area contributed by atoms with Gasteiger partial charge in [-0.2, -0.15) is 5.26 Å². The monoisotopic (exact) mass is 368 g/mol. The van der Waals surface area contributed by atoms with Crippen LogP contribution in [0.2, 0.25) is 0 Å². The molecule has 0 amide bonds. The molecule has 7 nitrogen and oxygen atoms in total. The largest absolute Gasteiger partial charge is 0.462 e. The number of nitriles is 1. The SMILES string of the molecule is COCP(=O)(N[C@@H](C)C(=O)OC(C)C)Oc1cc(C)c(C#N)c(C)c1. The van der Waals surface area contributed by atoms with Crippen LogP contribution in [0.15, 0.2) is 12.1 Å². The van der Waals surface area contributed by atoms with Crippen molar-refractivity contribution in [2.45, 2.75) is 46.8 Å². The third kappa shape index (κ3) is 6.17. The normalized spacial score (nSPS) is 14.5. The van der Waals surface area contributed by atoms with E-state index in [0.717, 1.165) is 0 Å². The van der Waals surface area contributed by atoms with Crippen molar-refractivity contribution >= 4 is 13.5 Å². The molecule has 1 aromatic rings. The molecule has 0 radical (unpaired) electrons. The van der Waals surface area contributed by atoms with Gasteiger partial charge >= 0.3 is 13.5 Å². The van der Waals surface area contributed by atoms with Gasteiger partial charge in [0.25, 0.3) is 0 Å². The van der Waals surface area contributed by atoms with E-state index >= 15 is 0 Å². The first kappa shape index (κ1) is 21.2. The number of hydrogen-bond donors (Lipinski definition) is 1. The van der Waals surface area contributed by atoms with Gasteiger partial charge in [0, 0.05) is 7.11 Å². The maximum Gasteiger partial charge on any atom is 0.342 e.